The lowest BCUT2D eigenvalue weighted by molar-refractivity contribution is -0.109. The fraction of sp³-hybridized carbons (Fsp3) is 0.300. The Morgan fingerprint density at radius 1 is 1.44 bits per heavy atom. The fourth-order valence-electron chi connectivity index (χ4n) is 1.42. The van der Waals surface area contributed by atoms with Crippen LogP contribution in [0.5, 0.6) is 5.75 Å². The van der Waals surface area contributed by atoms with Gasteiger partial charge in [-0.25, -0.2) is 13.6 Å². The van der Waals surface area contributed by atoms with Crippen molar-refractivity contribution in [2.24, 2.45) is 5.14 Å². The molecule has 88 valence electrons. The molecule has 0 aliphatic rings. The largest absolute Gasteiger partial charge is 0.486 e. The van der Waals surface area contributed by atoms with Gasteiger partial charge in [0.25, 0.3) is 0 Å². The maximum Gasteiger partial charge on any atom is 0.238 e. The van der Waals surface area contributed by atoms with E-state index in [1.165, 1.54) is 12.1 Å². The molecule has 6 heteroatoms. The smallest absolute Gasteiger partial charge is 0.238 e. The second kappa shape index (κ2) is 5.09. The number of ether oxygens (including phenoxy) is 1. The molecule has 1 aromatic carbocycles. The van der Waals surface area contributed by atoms with Gasteiger partial charge >= 0.3 is 0 Å². The van der Waals surface area contributed by atoms with Crippen LogP contribution < -0.4 is 9.88 Å². The molecule has 0 aromatic heterocycles. The van der Waals surface area contributed by atoms with Gasteiger partial charge in [-0.05, 0) is 18.6 Å². The zero-order valence-electron chi connectivity index (χ0n) is 8.84. The number of carbonyl (C=O) groups is 1. The second-order valence-corrected chi connectivity index (χ2v) is 4.64. The lowest BCUT2D eigenvalue weighted by Crippen LogP contribution is -2.15. The van der Waals surface area contributed by atoms with Crippen LogP contribution in [-0.4, -0.2) is 21.3 Å². The summed E-state index contributed by atoms with van der Waals surface area (Å²) in [6.45, 7) is 1.68. The predicted molar refractivity (Wildman–Crippen MR) is 58.8 cm³/mol. The highest BCUT2D eigenvalue weighted by atomic mass is 32.2. The Labute approximate surface area is 94.3 Å². The standard InChI is InChI=1S/C10H13NO4S/c1-2-8-9(15-7-6-12)4-3-5-10(8)16(11,13)14/h3-6H,2,7H2,1H3,(H2,11,13,14). The fourth-order valence-corrected chi connectivity index (χ4v) is 2.28. The average molecular weight is 243 g/mol. The summed E-state index contributed by atoms with van der Waals surface area (Å²) in [4.78, 5) is 10.2. The molecule has 0 aliphatic carbocycles. The van der Waals surface area contributed by atoms with Crippen molar-refractivity contribution in [1.29, 1.82) is 0 Å². The molecule has 0 unspecified atom stereocenters. The summed E-state index contributed by atoms with van der Waals surface area (Å²) < 4.78 is 27.7. The van der Waals surface area contributed by atoms with Crippen molar-refractivity contribution >= 4 is 16.3 Å². The van der Waals surface area contributed by atoms with Gasteiger partial charge in [0.15, 0.2) is 6.29 Å². The number of carbonyl (C=O) groups excluding carboxylic acids is 1. The first-order chi connectivity index (χ1) is 7.50. The summed E-state index contributed by atoms with van der Waals surface area (Å²) in [5.41, 5.74) is 0.492. The number of nitrogens with two attached hydrogens (primary N) is 1. The topological polar surface area (TPSA) is 86.5 Å². The maximum atomic E-state index is 11.3. The summed E-state index contributed by atoms with van der Waals surface area (Å²) in [6.07, 6.45) is 1.06. The van der Waals surface area contributed by atoms with E-state index in [0.29, 0.717) is 24.0 Å². The monoisotopic (exact) mass is 243 g/mol. The second-order valence-electron chi connectivity index (χ2n) is 3.11. The highest BCUT2D eigenvalue weighted by molar-refractivity contribution is 7.89. The molecule has 0 amide bonds. The highest BCUT2D eigenvalue weighted by Gasteiger charge is 2.16. The molecule has 1 aromatic rings. The summed E-state index contributed by atoms with van der Waals surface area (Å²) in [7, 11) is -3.76. The first kappa shape index (κ1) is 12.7. The van der Waals surface area contributed by atoms with E-state index in [4.69, 9.17) is 9.88 Å². The number of aldehydes is 1. The molecule has 0 radical (unpaired) electrons. The van der Waals surface area contributed by atoms with Crippen molar-refractivity contribution in [2.45, 2.75) is 18.2 Å². The van der Waals surface area contributed by atoms with Gasteiger partial charge in [-0.3, -0.25) is 4.79 Å². The van der Waals surface area contributed by atoms with Crippen LogP contribution in [0.15, 0.2) is 23.1 Å². The van der Waals surface area contributed by atoms with Gasteiger partial charge in [0.1, 0.15) is 12.4 Å². The summed E-state index contributed by atoms with van der Waals surface area (Å²) in [5, 5.41) is 5.08. The van der Waals surface area contributed by atoms with Crippen LogP contribution in [0.25, 0.3) is 0 Å². The number of benzene rings is 1. The quantitative estimate of drug-likeness (QED) is 0.762. The Balaban J connectivity index is 3.26. The zero-order chi connectivity index (χ0) is 12.2. The number of hydrogen-bond donors (Lipinski definition) is 1. The molecule has 0 spiro atoms. The summed E-state index contributed by atoms with van der Waals surface area (Å²) >= 11 is 0. The first-order valence-corrected chi connectivity index (χ1v) is 6.26. The molecule has 0 bridgehead atoms. The van der Waals surface area contributed by atoms with Gasteiger partial charge in [0, 0.05) is 5.56 Å². The van der Waals surface area contributed by atoms with E-state index in [2.05, 4.69) is 0 Å². The van der Waals surface area contributed by atoms with Crippen LogP contribution in [0.4, 0.5) is 0 Å². The van der Waals surface area contributed by atoms with Crippen LogP contribution in [0.2, 0.25) is 0 Å². The average Bonchev–Trinajstić information content (AvgIpc) is 2.24. The predicted octanol–water partition coefficient (Wildman–Crippen LogP) is 0.474. The van der Waals surface area contributed by atoms with Gasteiger partial charge in [-0.2, -0.15) is 0 Å². The van der Waals surface area contributed by atoms with Crippen LogP contribution in [-0.2, 0) is 21.2 Å². The van der Waals surface area contributed by atoms with Crippen molar-refractivity contribution in [1.82, 2.24) is 0 Å². The Morgan fingerprint density at radius 3 is 2.62 bits per heavy atom. The van der Waals surface area contributed by atoms with E-state index in [0.717, 1.165) is 0 Å². The molecule has 1 rings (SSSR count). The number of rotatable bonds is 5. The Kier molecular flexibility index (Phi) is 4.03. The van der Waals surface area contributed by atoms with Crippen molar-refractivity contribution in [3.8, 4) is 5.75 Å². The first-order valence-electron chi connectivity index (χ1n) is 4.71. The minimum atomic E-state index is -3.76. The Morgan fingerprint density at radius 2 is 2.12 bits per heavy atom. The third-order valence-electron chi connectivity index (χ3n) is 2.06. The van der Waals surface area contributed by atoms with E-state index in [1.807, 2.05) is 0 Å². The van der Waals surface area contributed by atoms with Crippen LogP contribution in [0.3, 0.4) is 0 Å². The van der Waals surface area contributed by atoms with Gasteiger partial charge in [-0.1, -0.05) is 13.0 Å². The van der Waals surface area contributed by atoms with E-state index < -0.39 is 10.0 Å². The molecule has 5 nitrogen and oxygen atoms in total. The summed E-state index contributed by atoms with van der Waals surface area (Å²) in [6, 6.07) is 4.55. The molecule has 0 saturated heterocycles. The number of hydrogen-bond acceptors (Lipinski definition) is 4. The van der Waals surface area contributed by atoms with Crippen molar-refractivity contribution < 1.29 is 17.9 Å². The van der Waals surface area contributed by atoms with Crippen LogP contribution >= 0.6 is 0 Å². The van der Waals surface area contributed by atoms with Gasteiger partial charge in [-0.15, -0.1) is 0 Å². The van der Waals surface area contributed by atoms with Crippen molar-refractivity contribution in [2.75, 3.05) is 6.61 Å². The summed E-state index contributed by atoms with van der Waals surface area (Å²) in [5.74, 6) is 0.376. The Hall–Kier alpha value is -1.40. The van der Waals surface area contributed by atoms with E-state index in [1.54, 1.807) is 13.0 Å². The molecule has 2 N–H and O–H groups in total. The van der Waals surface area contributed by atoms with Crippen molar-refractivity contribution in [3.05, 3.63) is 23.8 Å². The molecule has 16 heavy (non-hydrogen) atoms. The van der Waals surface area contributed by atoms with E-state index >= 15 is 0 Å². The lowest BCUT2D eigenvalue weighted by Gasteiger charge is -2.11. The van der Waals surface area contributed by atoms with E-state index in [-0.39, 0.29) is 11.5 Å². The van der Waals surface area contributed by atoms with Crippen LogP contribution in [0.1, 0.15) is 12.5 Å². The third-order valence-corrected chi connectivity index (χ3v) is 3.05. The SMILES string of the molecule is CCc1c(OCC=O)cccc1S(N)(=O)=O. The highest BCUT2D eigenvalue weighted by Crippen LogP contribution is 2.25. The molecule has 0 atom stereocenters. The normalized spacial score (nSPS) is 11.1. The third kappa shape index (κ3) is 2.80. The minimum Gasteiger partial charge on any atom is -0.486 e. The Bertz CT molecular complexity index is 482. The van der Waals surface area contributed by atoms with Gasteiger partial charge in [0.2, 0.25) is 10.0 Å². The molecule has 0 fully saturated rings. The zero-order valence-corrected chi connectivity index (χ0v) is 9.66. The van der Waals surface area contributed by atoms with Crippen LogP contribution in [0, 0.1) is 0 Å². The molecule has 0 heterocycles. The van der Waals surface area contributed by atoms with Gasteiger partial charge < -0.3 is 4.74 Å². The molecule has 0 saturated carbocycles. The van der Waals surface area contributed by atoms with E-state index in [9.17, 15) is 13.2 Å². The number of sulfonamides is 1. The van der Waals surface area contributed by atoms with Gasteiger partial charge in [0.05, 0.1) is 4.90 Å². The maximum absolute atomic E-state index is 11.3. The molecular weight excluding hydrogens is 230 g/mol. The lowest BCUT2D eigenvalue weighted by atomic mass is 10.1. The molecular formula is C10H13NO4S. The van der Waals surface area contributed by atoms with Crippen molar-refractivity contribution in [3.63, 3.8) is 0 Å². The minimum absolute atomic E-state index is 0.0402. The molecule has 0 aliphatic heterocycles. The number of primary sulfonamides is 1.